The van der Waals surface area contributed by atoms with Gasteiger partial charge >= 0.3 is 5.97 Å². The van der Waals surface area contributed by atoms with Gasteiger partial charge in [0.2, 0.25) is 0 Å². The van der Waals surface area contributed by atoms with Crippen LogP contribution in [0.25, 0.3) is 0 Å². The summed E-state index contributed by atoms with van der Waals surface area (Å²) < 4.78 is 4.90. The number of carbonyl (C=O) groups is 1. The minimum absolute atomic E-state index is 0.237. The number of esters is 1. The molecule has 0 spiro atoms. The molecule has 1 atom stereocenters. The van der Waals surface area contributed by atoms with E-state index in [2.05, 4.69) is 11.9 Å². The molecule has 0 bridgehead atoms. The lowest BCUT2D eigenvalue weighted by atomic mass is 10.2. The van der Waals surface area contributed by atoms with Gasteiger partial charge in [-0.05, 0) is 13.3 Å². The van der Waals surface area contributed by atoms with Crippen molar-refractivity contribution in [1.82, 2.24) is 0 Å². The monoisotopic (exact) mass is 215 g/mol. The summed E-state index contributed by atoms with van der Waals surface area (Å²) in [6.45, 7) is 4.41. The zero-order chi connectivity index (χ0) is 10.4. The fraction of sp³-hybridized carbons (Fsp3) is 0.800. The Labute approximate surface area is 89.3 Å². The summed E-state index contributed by atoms with van der Waals surface area (Å²) >= 11 is 1.74. The van der Waals surface area contributed by atoms with Gasteiger partial charge in [0.1, 0.15) is 5.71 Å². The van der Waals surface area contributed by atoms with Crippen LogP contribution in [0.5, 0.6) is 0 Å². The highest BCUT2D eigenvalue weighted by molar-refractivity contribution is 8.01. The molecule has 1 aliphatic rings. The molecule has 1 rings (SSSR count). The Morgan fingerprint density at radius 2 is 2.43 bits per heavy atom. The Hall–Kier alpha value is -0.510. The van der Waals surface area contributed by atoms with Crippen LogP contribution in [0.2, 0.25) is 0 Å². The fourth-order valence-corrected chi connectivity index (χ4v) is 2.35. The van der Waals surface area contributed by atoms with Crippen molar-refractivity contribution >= 4 is 23.4 Å². The van der Waals surface area contributed by atoms with E-state index in [0.29, 0.717) is 18.1 Å². The number of hydrogen-bond donors (Lipinski definition) is 0. The Morgan fingerprint density at radius 3 is 3.07 bits per heavy atom. The second-order valence-electron chi connectivity index (χ2n) is 3.20. The van der Waals surface area contributed by atoms with E-state index in [1.807, 2.05) is 6.92 Å². The molecular formula is C10H17NO2S. The quantitative estimate of drug-likeness (QED) is 0.660. The number of thioether (sulfide) groups is 1. The van der Waals surface area contributed by atoms with E-state index in [0.717, 1.165) is 6.42 Å². The number of nitrogens with zero attached hydrogens (tertiary/aromatic N) is 1. The van der Waals surface area contributed by atoms with Gasteiger partial charge in [-0.25, -0.2) is 4.79 Å². The lowest BCUT2D eigenvalue weighted by Gasteiger charge is -2.02. The third-order valence-corrected chi connectivity index (χ3v) is 3.19. The highest BCUT2D eigenvalue weighted by atomic mass is 32.2. The molecular weight excluding hydrogens is 198 g/mol. The normalized spacial score (nSPS) is 20.7. The van der Waals surface area contributed by atoms with E-state index in [9.17, 15) is 4.79 Å². The van der Waals surface area contributed by atoms with Crippen molar-refractivity contribution in [3.8, 4) is 0 Å². The summed E-state index contributed by atoms with van der Waals surface area (Å²) in [4.78, 5) is 15.6. The van der Waals surface area contributed by atoms with Crippen molar-refractivity contribution < 1.29 is 9.53 Å². The lowest BCUT2D eigenvalue weighted by molar-refractivity contribution is -0.135. The Kier molecular flexibility index (Phi) is 5.01. The van der Waals surface area contributed by atoms with Gasteiger partial charge in [-0.2, -0.15) is 0 Å². The molecule has 0 aromatic heterocycles. The van der Waals surface area contributed by atoms with Crippen LogP contribution < -0.4 is 0 Å². The Balaban J connectivity index is 2.37. The number of rotatable bonds is 5. The molecule has 3 nitrogen and oxygen atoms in total. The van der Waals surface area contributed by atoms with E-state index in [4.69, 9.17) is 4.74 Å². The highest BCUT2D eigenvalue weighted by Gasteiger charge is 2.23. The van der Waals surface area contributed by atoms with Crippen LogP contribution in [0.4, 0.5) is 0 Å². The molecule has 0 aromatic carbocycles. The summed E-state index contributed by atoms with van der Waals surface area (Å²) in [5.41, 5.74) is 0.609. The number of ether oxygens (including phenoxy) is 1. The van der Waals surface area contributed by atoms with Gasteiger partial charge in [0.25, 0.3) is 0 Å². The predicted octanol–water partition coefficient (Wildman–Crippen LogP) is 2.25. The standard InChI is InChI=1S/C10H17NO2S/c1-3-5-6-9-11-8(7-14-9)10(12)13-4-2/h9H,3-7H2,1-2H3/t9-/m0/s1. The zero-order valence-corrected chi connectivity index (χ0v) is 9.60. The molecule has 1 heterocycles. The molecule has 0 unspecified atom stereocenters. The van der Waals surface area contributed by atoms with E-state index in [1.165, 1.54) is 12.8 Å². The first kappa shape index (κ1) is 11.6. The molecule has 1 aliphatic heterocycles. The van der Waals surface area contributed by atoms with Gasteiger partial charge < -0.3 is 4.74 Å². The molecule has 0 fully saturated rings. The van der Waals surface area contributed by atoms with Crippen molar-refractivity contribution in [2.24, 2.45) is 4.99 Å². The summed E-state index contributed by atoms with van der Waals surface area (Å²) in [5.74, 6) is 0.478. The SMILES string of the molecule is CCCC[C@H]1N=C(C(=O)OCC)CS1. The molecule has 14 heavy (non-hydrogen) atoms. The molecule has 0 aromatic rings. The molecule has 0 saturated carbocycles. The van der Waals surface area contributed by atoms with Crippen LogP contribution in [-0.2, 0) is 9.53 Å². The second-order valence-corrected chi connectivity index (χ2v) is 4.37. The largest absolute Gasteiger partial charge is 0.461 e. The molecule has 0 radical (unpaired) electrons. The van der Waals surface area contributed by atoms with Crippen molar-refractivity contribution in [1.29, 1.82) is 0 Å². The van der Waals surface area contributed by atoms with Crippen molar-refractivity contribution in [3.05, 3.63) is 0 Å². The van der Waals surface area contributed by atoms with E-state index in [-0.39, 0.29) is 11.3 Å². The first-order chi connectivity index (χ1) is 6.77. The number of aliphatic imine (C=N–C) groups is 1. The number of hydrogen-bond acceptors (Lipinski definition) is 4. The van der Waals surface area contributed by atoms with E-state index < -0.39 is 0 Å². The van der Waals surface area contributed by atoms with Gasteiger partial charge in [-0.1, -0.05) is 19.8 Å². The van der Waals surface area contributed by atoms with Crippen LogP contribution in [0, 0.1) is 0 Å². The van der Waals surface area contributed by atoms with Crippen LogP contribution in [0.3, 0.4) is 0 Å². The predicted molar refractivity (Wildman–Crippen MR) is 59.8 cm³/mol. The second kappa shape index (κ2) is 6.06. The van der Waals surface area contributed by atoms with Gasteiger partial charge in [0.15, 0.2) is 0 Å². The van der Waals surface area contributed by atoms with Crippen LogP contribution >= 0.6 is 11.8 Å². The maximum atomic E-state index is 11.3. The minimum Gasteiger partial charge on any atom is -0.461 e. The zero-order valence-electron chi connectivity index (χ0n) is 8.78. The van der Waals surface area contributed by atoms with Crippen molar-refractivity contribution in [2.75, 3.05) is 12.4 Å². The van der Waals surface area contributed by atoms with Gasteiger partial charge in [-0.15, -0.1) is 11.8 Å². The maximum Gasteiger partial charge on any atom is 0.353 e. The molecule has 0 N–H and O–H groups in total. The van der Waals surface area contributed by atoms with Crippen LogP contribution in [0.1, 0.15) is 33.1 Å². The topological polar surface area (TPSA) is 38.7 Å². The lowest BCUT2D eigenvalue weighted by Crippen LogP contribution is -2.17. The Bertz CT molecular complexity index is 228. The summed E-state index contributed by atoms with van der Waals surface area (Å²) in [7, 11) is 0. The van der Waals surface area contributed by atoms with Crippen molar-refractivity contribution in [2.45, 2.75) is 38.5 Å². The molecule has 0 amide bonds. The van der Waals surface area contributed by atoms with E-state index in [1.54, 1.807) is 11.8 Å². The third-order valence-electron chi connectivity index (χ3n) is 2.03. The minimum atomic E-state index is -0.237. The smallest absolute Gasteiger partial charge is 0.353 e. The number of unbranched alkanes of at least 4 members (excludes halogenated alkanes) is 1. The summed E-state index contributed by atoms with van der Waals surface area (Å²) in [6.07, 6.45) is 3.43. The van der Waals surface area contributed by atoms with Gasteiger partial charge in [-0.3, -0.25) is 4.99 Å². The van der Waals surface area contributed by atoms with Gasteiger partial charge in [0, 0.05) is 5.75 Å². The van der Waals surface area contributed by atoms with Crippen LogP contribution in [0.15, 0.2) is 4.99 Å². The maximum absolute atomic E-state index is 11.3. The van der Waals surface area contributed by atoms with Crippen LogP contribution in [-0.4, -0.2) is 29.4 Å². The van der Waals surface area contributed by atoms with Gasteiger partial charge in [0.05, 0.1) is 12.0 Å². The summed E-state index contributed by atoms with van der Waals surface area (Å²) in [6, 6.07) is 0. The fourth-order valence-electron chi connectivity index (χ4n) is 1.28. The average molecular weight is 215 g/mol. The Morgan fingerprint density at radius 1 is 1.64 bits per heavy atom. The first-order valence-corrected chi connectivity index (χ1v) is 6.18. The molecule has 0 saturated heterocycles. The van der Waals surface area contributed by atoms with E-state index >= 15 is 0 Å². The number of carbonyl (C=O) groups excluding carboxylic acids is 1. The highest BCUT2D eigenvalue weighted by Crippen LogP contribution is 2.25. The molecule has 0 aliphatic carbocycles. The molecule has 4 heteroatoms. The van der Waals surface area contributed by atoms with Crippen molar-refractivity contribution in [3.63, 3.8) is 0 Å². The summed E-state index contributed by atoms with van der Waals surface area (Å²) in [5, 5.41) is 0.286. The average Bonchev–Trinajstić information content (AvgIpc) is 2.63. The third kappa shape index (κ3) is 3.33. The first-order valence-electron chi connectivity index (χ1n) is 5.13. The molecule has 80 valence electrons.